The third kappa shape index (κ3) is 6.00. The van der Waals surface area contributed by atoms with Crippen LogP contribution in [0.3, 0.4) is 0 Å². The van der Waals surface area contributed by atoms with E-state index in [4.69, 9.17) is 9.47 Å². The number of likely N-dealkylation sites (tertiary alicyclic amines) is 1. The van der Waals surface area contributed by atoms with E-state index in [0.717, 1.165) is 19.3 Å². The van der Waals surface area contributed by atoms with Crippen LogP contribution in [0.15, 0.2) is 0 Å². The predicted molar refractivity (Wildman–Crippen MR) is 114 cm³/mol. The van der Waals surface area contributed by atoms with Crippen molar-refractivity contribution in [2.75, 3.05) is 33.3 Å². The first-order valence-corrected chi connectivity index (χ1v) is 11.5. The molecule has 0 bridgehead atoms. The second kappa shape index (κ2) is 9.90. The first-order chi connectivity index (χ1) is 14.6. The molecule has 3 fully saturated rings. The number of hydrogen-bond acceptors (Lipinski definition) is 6. The van der Waals surface area contributed by atoms with E-state index in [1.165, 1.54) is 0 Å². The number of likely N-dealkylation sites (N-methyl/N-ethyl adjacent to an activating group) is 1. The van der Waals surface area contributed by atoms with Gasteiger partial charge in [-0.15, -0.1) is 0 Å². The number of carbonyl (C=O) groups is 2. The zero-order valence-electron chi connectivity index (χ0n) is 19.3. The monoisotopic (exact) mass is 443 g/mol. The molecule has 1 saturated carbocycles. The van der Waals surface area contributed by atoms with E-state index in [1.54, 1.807) is 9.80 Å². The topological polar surface area (TPSA) is 82.6 Å². The second-order valence-corrected chi connectivity index (χ2v) is 10.1. The molecule has 1 aliphatic carbocycles. The van der Waals surface area contributed by atoms with Crippen LogP contribution in [0, 0.1) is 0 Å². The summed E-state index contributed by atoms with van der Waals surface area (Å²) in [7, 11) is 1.95. The molecular formula is C22H38FN3O5. The van der Waals surface area contributed by atoms with Gasteiger partial charge in [0.2, 0.25) is 0 Å². The lowest BCUT2D eigenvalue weighted by molar-refractivity contribution is 0.00869. The van der Waals surface area contributed by atoms with Crippen LogP contribution in [0.4, 0.5) is 14.0 Å². The van der Waals surface area contributed by atoms with Gasteiger partial charge in [-0.05, 0) is 53.5 Å². The Morgan fingerprint density at radius 1 is 1.26 bits per heavy atom. The Bertz CT molecular complexity index is 643. The summed E-state index contributed by atoms with van der Waals surface area (Å²) in [5, 5.41) is 9.24. The average molecular weight is 444 g/mol. The molecule has 0 spiro atoms. The number of aliphatic hydroxyl groups excluding tert-OH is 1. The van der Waals surface area contributed by atoms with Crippen LogP contribution in [-0.4, -0.2) is 101 Å². The SMILES string of the molecule is CN(C1CCCCN(C(=O)OC(C)(C)C)C1)C1CCC(N2C[C@H](CO)OC2=O)CC1F. The van der Waals surface area contributed by atoms with Crippen LogP contribution < -0.4 is 0 Å². The maximum Gasteiger partial charge on any atom is 0.410 e. The van der Waals surface area contributed by atoms with Crippen molar-refractivity contribution in [3.05, 3.63) is 0 Å². The normalized spacial score (nSPS) is 32.7. The summed E-state index contributed by atoms with van der Waals surface area (Å²) in [5.74, 6) is 0. The first-order valence-electron chi connectivity index (χ1n) is 11.5. The van der Waals surface area contributed by atoms with Gasteiger partial charge in [-0.25, -0.2) is 14.0 Å². The summed E-state index contributed by atoms with van der Waals surface area (Å²) < 4.78 is 25.9. The van der Waals surface area contributed by atoms with Gasteiger partial charge in [-0.3, -0.25) is 4.90 Å². The van der Waals surface area contributed by atoms with Crippen molar-refractivity contribution in [2.45, 2.75) is 95.3 Å². The molecule has 0 radical (unpaired) electrons. The highest BCUT2D eigenvalue weighted by Gasteiger charge is 2.43. The van der Waals surface area contributed by atoms with Crippen molar-refractivity contribution in [3.63, 3.8) is 0 Å². The highest BCUT2D eigenvalue weighted by atomic mass is 19.1. The molecule has 1 N–H and O–H groups in total. The Balaban J connectivity index is 1.58. The molecule has 4 unspecified atom stereocenters. The number of alkyl halides is 1. The van der Waals surface area contributed by atoms with Crippen LogP contribution in [-0.2, 0) is 9.47 Å². The van der Waals surface area contributed by atoms with Gasteiger partial charge in [-0.2, -0.15) is 0 Å². The fourth-order valence-electron chi connectivity index (χ4n) is 4.97. The van der Waals surface area contributed by atoms with E-state index in [-0.39, 0.29) is 37.2 Å². The minimum atomic E-state index is -1.07. The zero-order chi connectivity index (χ0) is 22.8. The first kappa shape index (κ1) is 24.0. The van der Waals surface area contributed by atoms with Gasteiger partial charge >= 0.3 is 12.2 Å². The molecule has 2 amide bonds. The lowest BCUT2D eigenvalue weighted by atomic mass is 9.87. The van der Waals surface area contributed by atoms with Gasteiger partial charge in [0.1, 0.15) is 17.9 Å². The smallest absolute Gasteiger partial charge is 0.410 e. The number of carbonyl (C=O) groups excluding carboxylic acids is 2. The zero-order valence-corrected chi connectivity index (χ0v) is 19.3. The van der Waals surface area contributed by atoms with E-state index in [9.17, 15) is 14.7 Å². The quantitative estimate of drug-likeness (QED) is 0.720. The van der Waals surface area contributed by atoms with Crippen molar-refractivity contribution in [2.24, 2.45) is 0 Å². The number of nitrogens with zero attached hydrogens (tertiary/aromatic N) is 3. The van der Waals surface area contributed by atoms with Crippen molar-refractivity contribution in [3.8, 4) is 0 Å². The molecule has 9 heteroatoms. The second-order valence-electron chi connectivity index (χ2n) is 10.1. The van der Waals surface area contributed by atoms with Crippen LogP contribution >= 0.6 is 0 Å². The number of amides is 2. The van der Waals surface area contributed by atoms with Crippen LogP contribution in [0.25, 0.3) is 0 Å². The highest BCUT2D eigenvalue weighted by Crippen LogP contribution is 2.32. The number of rotatable bonds is 4. The Morgan fingerprint density at radius 2 is 2.00 bits per heavy atom. The maximum atomic E-state index is 15.3. The largest absolute Gasteiger partial charge is 0.444 e. The molecule has 5 atom stereocenters. The Morgan fingerprint density at radius 3 is 2.61 bits per heavy atom. The van der Waals surface area contributed by atoms with Crippen LogP contribution in [0.2, 0.25) is 0 Å². The van der Waals surface area contributed by atoms with Gasteiger partial charge in [0.05, 0.1) is 13.2 Å². The molecule has 3 rings (SSSR count). The van der Waals surface area contributed by atoms with Crippen molar-refractivity contribution >= 4 is 12.2 Å². The van der Waals surface area contributed by atoms with E-state index in [1.807, 2.05) is 27.8 Å². The number of ether oxygens (including phenoxy) is 2. The molecule has 2 aliphatic heterocycles. The van der Waals surface area contributed by atoms with Crippen molar-refractivity contribution in [1.29, 1.82) is 0 Å². The number of cyclic esters (lactones) is 1. The molecule has 3 aliphatic rings. The number of hydrogen-bond donors (Lipinski definition) is 1. The summed E-state index contributed by atoms with van der Waals surface area (Å²) in [6.07, 6.45) is 2.08. The minimum absolute atomic E-state index is 0.0744. The van der Waals surface area contributed by atoms with Crippen molar-refractivity contribution < 1.29 is 28.6 Å². The molecule has 0 aromatic heterocycles. The molecule has 2 saturated heterocycles. The Hall–Kier alpha value is -1.61. The third-order valence-corrected chi connectivity index (χ3v) is 6.65. The lowest BCUT2D eigenvalue weighted by Crippen LogP contribution is -2.54. The molecule has 0 aromatic carbocycles. The lowest BCUT2D eigenvalue weighted by Gasteiger charge is -2.43. The Labute approximate surface area is 184 Å². The summed E-state index contributed by atoms with van der Waals surface area (Å²) in [6.45, 7) is 6.88. The fourth-order valence-corrected chi connectivity index (χ4v) is 4.97. The molecule has 8 nitrogen and oxygen atoms in total. The van der Waals surface area contributed by atoms with Crippen LogP contribution in [0.1, 0.15) is 59.3 Å². The van der Waals surface area contributed by atoms with Gasteiger partial charge in [0.25, 0.3) is 0 Å². The van der Waals surface area contributed by atoms with E-state index < -0.39 is 24.0 Å². The molecule has 0 aromatic rings. The summed E-state index contributed by atoms with van der Waals surface area (Å²) >= 11 is 0. The van der Waals surface area contributed by atoms with Gasteiger partial charge in [-0.1, -0.05) is 6.42 Å². The van der Waals surface area contributed by atoms with E-state index in [0.29, 0.717) is 32.5 Å². The van der Waals surface area contributed by atoms with Crippen molar-refractivity contribution in [1.82, 2.24) is 14.7 Å². The average Bonchev–Trinajstić information content (AvgIpc) is 2.91. The molecule has 178 valence electrons. The van der Waals surface area contributed by atoms with E-state index in [2.05, 4.69) is 4.90 Å². The predicted octanol–water partition coefficient (Wildman–Crippen LogP) is 2.78. The number of halogens is 1. The molecule has 2 heterocycles. The van der Waals surface area contributed by atoms with Gasteiger partial charge in [0, 0.05) is 37.6 Å². The third-order valence-electron chi connectivity index (χ3n) is 6.65. The summed E-state index contributed by atoms with van der Waals surface area (Å²) in [6, 6.07) is -0.367. The Kier molecular flexibility index (Phi) is 7.68. The standard InChI is InChI=1S/C22H38FN3O5/c1-22(2,3)31-20(28)25-10-6-5-7-16(12-25)24(4)19-9-8-15(11-18(19)23)26-13-17(14-27)30-21(26)29/h15-19,27H,5-14H2,1-4H3/t15?,16?,17-,18?,19?/m1/s1. The summed E-state index contributed by atoms with van der Waals surface area (Å²) in [5.41, 5.74) is -0.543. The van der Waals surface area contributed by atoms with Gasteiger partial charge < -0.3 is 24.4 Å². The fraction of sp³-hybridized carbons (Fsp3) is 0.909. The highest BCUT2D eigenvalue weighted by molar-refractivity contribution is 5.70. The van der Waals surface area contributed by atoms with Crippen LogP contribution in [0.5, 0.6) is 0 Å². The summed E-state index contributed by atoms with van der Waals surface area (Å²) in [4.78, 5) is 30.1. The van der Waals surface area contributed by atoms with E-state index >= 15 is 4.39 Å². The molecular weight excluding hydrogens is 405 g/mol. The minimum Gasteiger partial charge on any atom is -0.444 e. The van der Waals surface area contributed by atoms with Gasteiger partial charge in [0.15, 0.2) is 0 Å². The number of aliphatic hydroxyl groups is 1. The maximum absolute atomic E-state index is 15.3. The molecule has 31 heavy (non-hydrogen) atoms.